The van der Waals surface area contributed by atoms with Gasteiger partial charge in [0.25, 0.3) is 0 Å². The molecule has 1 atom stereocenters. The standard InChI is InChI=1S/C16H25N3O3/c17-15(21)11-6-8-18(9-7-11)13-10-14(20)19(16(13)22)12-4-2-1-3-5-12/h11-13H,1-10H2,(H2,17,21). The number of hydrogen-bond donors (Lipinski definition) is 1. The second-order valence-corrected chi connectivity index (χ2v) is 6.83. The first-order valence-electron chi connectivity index (χ1n) is 8.47. The number of nitrogens with zero attached hydrogens (tertiary/aromatic N) is 2. The highest BCUT2D eigenvalue weighted by atomic mass is 16.2. The van der Waals surface area contributed by atoms with Crippen LogP contribution in [0, 0.1) is 5.92 Å². The normalized spacial score (nSPS) is 29.3. The molecule has 3 amide bonds. The van der Waals surface area contributed by atoms with Crippen LogP contribution in [0.3, 0.4) is 0 Å². The van der Waals surface area contributed by atoms with E-state index in [0.717, 1.165) is 25.7 Å². The minimum atomic E-state index is -0.316. The molecule has 3 fully saturated rings. The molecule has 2 aliphatic heterocycles. The lowest BCUT2D eigenvalue weighted by Crippen LogP contribution is -2.49. The molecule has 3 aliphatic rings. The first kappa shape index (κ1) is 15.5. The second-order valence-electron chi connectivity index (χ2n) is 6.83. The van der Waals surface area contributed by atoms with Gasteiger partial charge < -0.3 is 5.73 Å². The van der Waals surface area contributed by atoms with Gasteiger partial charge in [0, 0.05) is 12.0 Å². The Balaban J connectivity index is 1.63. The Morgan fingerprint density at radius 2 is 1.64 bits per heavy atom. The van der Waals surface area contributed by atoms with E-state index < -0.39 is 0 Å². The van der Waals surface area contributed by atoms with Gasteiger partial charge in [-0.1, -0.05) is 19.3 Å². The van der Waals surface area contributed by atoms with Crippen molar-refractivity contribution in [2.75, 3.05) is 13.1 Å². The Morgan fingerprint density at radius 1 is 1.00 bits per heavy atom. The quantitative estimate of drug-likeness (QED) is 0.776. The maximum absolute atomic E-state index is 12.7. The fourth-order valence-corrected chi connectivity index (χ4v) is 4.14. The highest BCUT2D eigenvalue weighted by Gasteiger charge is 2.45. The van der Waals surface area contributed by atoms with E-state index in [1.807, 2.05) is 0 Å². The average Bonchev–Trinajstić information content (AvgIpc) is 2.83. The summed E-state index contributed by atoms with van der Waals surface area (Å²) in [5.74, 6) is -0.372. The molecule has 2 saturated heterocycles. The molecular formula is C16H25N3O3. The zero-order valence-corrected chi connectivity index (χ0v) is 13.0. The Hall–Kier alpha value is -1.43. The molecule has 1 saturated carbocycles. The van der Waals surface area contributed by atoms with Crippen molar-refractivity contribution in [2.45, 2.75) is 63.5 Å². The van der Waals surface area contributed by atoms with Gasteiger partial charge >= 0.3 is 0 Å². The van der Waals surface area contributed by atoms with Crippen LogP contribution in [0.25, 0.3) is 0 Å². The maximum Gasteiger partial charge on any atom is 0.247 e. The molecule has 22 heavy (non-hydrogen) atoms. The smallest absolute Gasteiger partial charge is 0.247 e. The van der Waals surface area contributed by atoms with Crippen LogP contribution in [0.1, 0.15) is 51.4 Å². The van der Waals surface area contributed by atoms with E-state index in [0.29, 0.717) is 32.4 Å². The first-order valence-corrected chi connectivity index (χ1v) is 8.47. The van der Waals surface area contributed by atoms with Gasteiger partial charge in [-0.25, -0.2) is 0 Å². The van der Waals surface area contributed by atoms with Gasteiger partial charge in [0.1, 0.15) is 0 Å². The number of hydrogen-bond acceptors (Lipinski definition) is 4. The number of likely N-dealkylation sites (tertiary alicyclic amines) is 2. The van der Waals surface area contributed by atoms with Gasteiger partial charge in [0.15, 0.2) is 0 Å². The summed E-state index contributed by atoms with van der Waals surface area (Å²) in [6.45, 7) is 1.35. The molecule has 122 valence electrons. The van der Waals surface area contributed by atoms with Gasteiger partial charge in [-0.2, -0.15) is 0 Å². The summed E-state index contributed by atoms with van der Waals surface area (Å²) < 4.78 is 0. The molecule has 1 unspecified atom stereocenters. The third kappa shape index (κ3) is 2.89. The van der Waals surface area contributed by atoms with Crippen molar-refractivity contribution >= 4 is 17.7 Å². The molecule has 0 aromatic carbocycles. The molecule has 0 aromatic rings. The minimum absolute atomic E-state index is 0.0149. The van der Waals surface area contributed by atoms with Crippen molar-refractivity contribution < 1.29 is 14.4 Å². The van der Waals surface area contributed by atoms with Crippen LogP contribution < -0.4 is 5.73 Å². The summed E-state index contributed by atoms with van der Waals surface area (Å²) in [6, 6.07) is -0.204. The van der Waals surface area contributed by atoms with Crippen LogP contribution in [-0.4, -0.2) is 52.7 Å². The number of nitrogens with two attached hydrogens (primary N) is 1. The largest absolute Gasteiger partial charge is 0.369 e. The van der Waals surface area contributed by atoms with Gasteiger partial charge in [-0.15, -0.1) is 0 Å². The SMILES string of the molecule is NC(=O)C1CCN(C2CC(=O)N(C3CCCCC3)C2=O)CC1. The van der Waals surface area contributed by atoms with Gasteiger partial charge in [0.2, 0.25) is 17.7 Å². The lowest BCUT2D eigenvalue weighted by molar-refractivity contribution is -0.143. The summed E-state index contributed by atoms with van der Waals surface area (Å²) >= 11 is 0. The number of rotatable bonds is 3. The molecule has 2 heterocycles. The van der Waals surface area contributed by atoms with E-state index >= 15 is 0 Å². The van der Waals surface area contributed by atoms with E-state index in [9.17, 15) is 14.4 Å². The predicted molar refractivity (Wildman–Crippen MR) is 80.6 cm³/mol. The third-order valence-electron chi connectivity index (χ3n) is 5.47. The number of imide groups is 1. The Labute approximate surface area is 131 Å². The van der Waals surface area contributed by atoms with Crippen molar-refractivity contribution in [1.29, 1.82) is 0 Å². The van der Waals surface area contributed by atoms with E-state index in [1.165, 1.54) is 6.42 Å². The molecule has 1 aliphatic carbocycles. The topological polar surface area (TPSA) is 83.7 Å². The summed E-state index contributed by atoms with van der Waals surface area (Å²) in [4.78, 5) is 39.9. The molecule has 2 N–H and O–H groups in total. The lowest BCUT2D eigenvalue weighted by atomic mass is 9.94. The predicted octanol–water partition coefficient (Wildman–Crippen LogP) is 0.644. The number of carbonyl (C=O) groups excluding carboxylic acids is 3. The molecule has 0 spiro atoms. The van der Waals surface area contributed by atoms with Crippen molar-refractivity contribution in [3.63, 3.8) is 0 Å². The molecule has 6 heteroatoms. The van der Waals surface area contributed by atoms with Crippen LogP contribution >= 0.6 is 0 Å². The number of piperidine rings is 1. The summed E-state index contributed by atoms with van der Waals surface area (Å²) in [5.41, 5.74) is 5.35. The summed E-state index contributed by atoms with van der Waals surface area (Å²) in [5, 5.41) is 0. The van der Waals surface area contributed by atoms with Crippen molar-refractivity contribution in [1.82, 2.24) is 9.80 Å². The van der Waals surface area contributed by atoms with Gasteiger partial charge in [-0.3, -0.25) is 24.2 Å². The van der Waals surface area contributed by atoms with Crippen LogP contribution in [-0.2, 0) is 14.4 Å². The highest BCUT2D eigenvalue weighted by molar-refractivity contribution is 6.05. The number of carbonyl (C=O) groups is 3. The molecule has 6 nitrogen and oxygen atoms in total. The van der Waals surface area contributed by atoms with Crippen LogP contribution in [0.4, 0.5) is 0 Å². The van der Waals surface area contributed by atoms with E-state index in [1.54, 1.807) is 4.90 Å². The Kier molecular flexibility index (Phi) is 4.47. The average molecular weight is 307 g/mol. The molecule has 0 radical (unpaired) electrons. The second kappa shape index (κ2) is 6.36. The molecule has 0 bridgehead atoms. The van der Waals surface area contributed by atoms with E-state index in [4.69, 9.17) is 5.73 Å². The fourth-order valence-electron chi connectivity index (χ4n) is 4.14. The van der Waals surface area contributed by atoms with E-state index in [2.05, 4.69) is 4.90 Å². The van der Waals surface area contributed by atoms with Crippen LogP contribution in [0.15, 0.2) is 0 Å². The monoisotopic (exact) mass is 307 g/mol. The van der Waals surface area contributed by atoms with Crippen LogP contribution in [0.5, 0.6) is 0 Å². The summed E-state index contributed by atoms with van der Waals surface area (Å²) in [7, 11) is 0. The van der Waals surface area contributed by atoms with Crippen molar-refractivity contribution in [3.8, 4) is 0 Å². The van der Waals surface area contributed by atoms with Crippen molar-refractivity contribution in [2.24, 2.45) is 11.7 Å². The minimum Gasteiger partial charge on any atom is -0.369 e. The van der Waals surface area contributed by atoms with Gasteiger partial charge in [0.05, 0.1) is 12.5 Å². The lowest BCUT2D eigenvalue weighted by Gasteiger charge is -2.34. The fraction of sp³-hybridized carbons (Fsp3) is 0.812. The third-order valence-corrected chi connectivity index (χ3v) is 5.47. The number of primary amides is 1. The molecule has 0 aromatic heterocycles. The van der Waals surface area contributed by atoms with Crippen LogP contribution in [0.2, 0.25) is 0 Å². The molecule has 3 rings (SSSR count). The zero-order valence-electron chi connectivity index (χ0n) is 13.0. The zero-order chi connectivity index (χ0) is 15.7. The Morgan fingerprint density at radius 3 is 2.23 bits per heavy atom. The first-order chi connectivity index (χ1) is 10.6. The maximum atomic E-state index is 12.7. The van der Waals surface area contributed by atoms with E-state index in [-0.39, 0.29) is 35.7 Å². The highest BCUT2D eigenvalue weighted by Crippen LogP contribution is 2.30. The molecular weight excluding hydrogens is 282 g/mol. The number of amides is 3. The van der Waals surface area contributed by atoms with Crippen molar-refractivity contribution in [3.05, 3.63) is 0 Å². The van der Waals surface area contributed by atoms with Gasteiger partial charge in [-0.05, 0) is 38.8 Å². The Bertz CT molecular complexity index is 465. The summed E-state index contributed by atoms with van der Waals surface area (Å²) in [6.07, 6.45) is 7.01.